The van der Waals surface area contributed by atoms with Gasteiger partial charge in [0.15, 0.2) is 6.10 Å². The number of aryl methyl sites for hydroxylation is 4. The maximum Gasteiger partial charge on any atom is 0.338 e. The number of carbonyl (C=O) groups is 2. The highest BCUT2D eigenvalue weighted by Crippen LogP contribution is 2.32. The Bertz CT molecular complexity index is 1700. The quantitative estimate of drug-likeness (QED) is 0.232. The number of nitrogens with one attached hydrogen (secondary N) is 1. The zero-order chi connectivity index (χ0) is 28.4. The lowest BCUT2D eigenvalue weighted by Gasteiger charge is -2.16. The highest BCUT2D eigenvalue weighted by Gasteiger charge is 2.21. The minimum absolute atomic E-state index is 0.298. The van der Waals surface area contributed by atoms with E-state index in [2.05, 4.69) is 17.4 Å². The van der Waals surface area contributed by atoms with Crippen LogP contribution in [0.1, 0.15) is 39.5 Å². The van der Waals surface area contributed by atoms with Crippen molar-refractivity contribution in [1.82, 2.24) is 9.97 Å². The predicted molar refractivity (Wildman–Crippen MR) is 159 cm³/mol. The largest absolute Gasteiger partial charge is 0.449 e. The molecule has 0 aliphatic rings. The van der Waals surface area contributed by atoms with Crippen LogP contribution in [-0.4, -0.2) is 27.9 Å². The van der Waals surface area contributed by atoms with Crippen LogP contribution in [0.4, 0.5) is 5.69 Å². The van der Waals surface area contributed by atoms with Crippen molar-refractivity contribution in [3.8, 4) is 22.5 Å². The molecule has 1 aromatic heterocycles. The normalized spacial score (nSPS) is 11.7. The van der Waals surface area contributed by atoms with Gasteiger partial charge in [-0.05, 0) is 63.9 Å². The number of hydrogen-bond donors (Lipinski definition) is 1. The van der Waals surface area contributed by atoms with Gasteiger partial charge in [0, 0.05) is 16.8 Å². The van der Waals surface area contributed by atoms with Crippen molar-refractivity contribution >= 4 is 28.6 Å². The van der Waals surface area contributed by atoms with Crippen molar-refractivity contribution in [2.24, 2.45) is 0 Å². The maximum atomic E-state index is 13.1. The molecule has 1 amide bonds. The summed E-state index contributed by atoms with van der Waals surface area (Å²) in [4.78, 5) is 35.8. The van der Waals surface area contributed by atoms with Gasteiger partial charge in [0.1, 0.15) is 0 Å². The molecule has 40 heavy (non-hydrogen) atoms. The molecular weight excluding hydrogens is 498 g/mol. The molecule has 200 valence electrons. The van der Waals surface area contributed by atoms with Crippen molar-refractivity contribution < 1.29 is 14.3 Å². The van der Waals surface area contributed by atoms with Gasteiger partial charge in [0.2, 0.25) is 0 Å². The average Bonchev–Trinajstić information content (AvgIpc) is 2.94. The summed E-state index contributed by atoms with van der Waals surface area (Å²) in [6.07, 6.45) is -0.986. The predicted octanol–water partition coefficient (Wildman–Crippen LogP) is 7.38. The SMILES string of the molecule is Cc1ccc(-c2nc3ccc(C(=O)OC(C)C(=O)Nc4c(C)cccc4C)cc3nc2-c2ccc(C)cc2)cc1. The van der Waals surface area contributed by atoms with Crippen molar-refractivity contribution in [2.45, 2.75) is 40.7 Å². The molecule has 0 saturated carbocycles. The molecule has 4 aromatic carbocycles. The van der Waals surface area contributed by atoms with Gasteiger partial charge >= 0.3 is 5.97 Å². The number of amides is 1. The third-order valence-corrected chi connectivity index (χ3v) is 6.93. The fourth-order valence-corrected chi connectivity index (χ4v) is 4.53. The van der Waals surface area contributed by atoms with Crippen molar-refractivity contribution in [1.29, 1.82) is 0 Å². The molecule has 1 unspecified atom stereocenters. The molecular formula is C34H31N3O3. The summed E-state index contributed by atoms with van der Waals surface area (Å²) in [5, 5.41) is 2.88. The molecule has 0 saturated heterocycles. The molecule has 6 nitrogen and oxygen atoms in total. The number of hydrogen-bond acceptors (Lipinski definition) is 5. The molecule has 5 rings (SSSR count). The Hall–Kier alpha value is -4.84. The van der Waals surface area contributed by atoms with Crippen LogP contribution in [0, 0.1) is 27.7 Å². The van der Waals surface area contributed by atoms with Crippen LogP contribution in [0.25, 0.3) is 33.5 Å². The first kappa shape index (κ1) is 26.8. The monoisotopic (exact) mass is 529 g/mol. The molecule has 0 radical (unpaired) electrons. The topological polar surface area (TPSA) is 81.2 Å². The van der Waals surface area contributed by atoms with Crippen LogP contribution in [0.2, 0.25) is 0 Å². The molecule has 0 aliphatic heterocycles. The van der Waals surface area contributed by atoms with E-state index in [1.54, 1.807) is 25.1 Å². The number of para-hydroxylation sites is 1. The van der Waals surface area contributed by atoms with Crippen LogP contribution in [0.15, 0.2) is 84.9 Å². The van der Waals surface area contributed by atoms with Crippen LogP contribution in [0.5, 0.6) is 0 Å². The molecule has 0 spiro atoms. The lowest BCUT2D eigenvalue weighted by molar-refractivity contribution is -0.123. The summed E-state index contributed by atoms with van der Waals surface area (Å²) in [5.74, 6) is -0.997. The van der Waals surface area contributed by atoms with Crippen molar-refractivity contribution in [2.75, 3.05) is 5.32 Å². The first-order valence-electron chi connectivity index (χ1n) is 13.2. The smallest absolute Gasteiger partial charge is 0.338 e. The Morgan fingerprint density at radius 3 is 1.77 bits per heavy atom. The number of aromatic nitrogens is 2. The summed E-state index contributed by atoms with van der Waals surface area (Å²) >= 11 is 0. The van der Waals surface area contributed by atoms with Crippen LogP contribution in [-0.2, 0) is 9.53 Å². The Morgan fingerprint density at radius 2 is 1.23 bits per heavy atom. The van der Waals surface area contributed by atoms with Crippen LogP contribution in [0.3, 0.4) is 0 Å². The number of ether oxygens (including phenoxy) is 1. The first-order valence-corrected chi connectivity index (χ1v) is 13.2. The Kier molecular flexibility index (Phi) is 7.43. The second-order valence-electron chi connectivity index (χ2n) is 10.2. The second-order valence-corrected chi connectivity index (χ2v) is 10.2. The van der Waals surface area contributed by atoms with E-state index in [0.29, 0.717) is 16.6 Å². The lowest BCUT2D eigenvalue weighted by Crippen LogP contribution is -2.30. The first-order chi connectivity index (χ1) is 19.2. The lowest BCUT2D eigenvalue weighted by atomic mass is 10.0. The summed E-state index contributed by atoms with van der Waals surface area (Å²) in [6, 6.07) is 27.2. The molecule has 1 heterocycles. The summed E-state index contributed by atoms with van der Waals surface area (Å²) < 4.78 is 5.53. The van der Waals surface area contributed by atoms with Gasteiger partial charge < -0.3 is 10.1 Å². The molecule has 5 aromatic rings. The number of carbonyl (C=O) groups excluding carboxylic acids is 2. The number of fused-ring (bicyclic) bond motifs is 1. The fraction of sp³-hybridized carbons (Fsp3) is 0.176. The number of rotatable bonds is 6. The van der Waals surface area contributed by atoms with Gasteiger partial charge in [0.05, 0.1) is 28.0 Å². The zero-order valence-electron chi connectivity index (χ0n) is 23.3. The van der Waals surface area contributed by atoms with E-state index in [0.717, 1.165) is 50.5 Å². The average molecular weight is 530 g/mol. The number of esters is 1. The van der Waals surface area contributed by atoms with Crippen molar-refractivity contribution in [3.63, 3.8) is 0 Å². The standard InChI is InChI=1S/C34H31N3O3/c1-20-9-13-25(14-10-20)31-32(26-15-11-21(2)12-16-26)36-29-19-27(17-18-28(29)35-31)34(39)40-24(5)33(38)37-30-22(3)7-6-8-23(30)4/h6-19,24H,1-5H3,(H,37,38). The van der Waals surface area contributed by atoms with Crippen molar-refractivity contribution in [3.05, 3.63) is 113 Å². The summed E-state index contributed by atoms with van der Waals surface area (Å²) in [7, 11) is 0. The van der Waals surface area contributed by atoms with E-state index in [9.17, 15) is 9.59 Å². The minimum Gasteiger partial charge on any atom is -0.449 e. The molecule has 6 heteroatoms. The molecule has 0 aliphatic carbocycles. The second kappa shape index (κ2) is 11.1. The minimum atomic E-state index is -0.986. The Morgan fingerprint density at radius 1 is 0.700 bits per heavy atom. The molecule has 1 atom stereocenters. The Balaban J connectivity index is 1.45. The molecule has 1 N–H and O–H groups in total. The van der Waals surface area contributed by atoms with Gasteiger partial charge in [0.25, 0.3) is 5.91 Å². The third-order valence-electron chi connectivity index (χ3n) is 6.93. The van der Waals surface area contributed by atoms with E-state index in [4.69, 9.17) is 14.7 Å². The molecule has 0 bridgehead atoms. The summed E-state index contributed by atoms with van der Waals surface area (Å²) in [5.41, 5.74) is 9.82. The van der Waals surface area contributed by atoms with E-state index in [-0.39, 0.29) is 0 Å². The van der Waals surface area contributed by atoms with Gasteiger partial charge in [-0.15, -0.1) is 0 Å². The maximum absolute atomic E-state index is 13.1. The van der Waals surface area contributed by atoms with Gasteiger partial charge in [-0.25, -0.2) is 14.8 Å². The van der Waals surface area contributed by atoms with E-state index in [1.807, 2.05) is 82.3 Å². The highest BCUT2D eigenvalue weighted by molar-refractivity contribution is 5.99. The zero-order valence-corrected chi connectivity index (χ0v) is 23.3. The van der Waals surface area contributed by atoms with Crippen LogP contribution >= 0.6 is 0 Å². The fourth-order valence-electron chi connectivity index (χ4n) is 4.53. The van der Waals surface area contributed by atoms with Gasteiger partial charge in [-0.3, -0.25) is 4.79 Å². The highest BCUT2D eigenvalue weighted by atomic mass is 16.5. The van der Waals surface area contributed by atoms with Gasteiger partial charge in [-0.2, -0.15) is 0 Å². The van der Waals surface area contributed by atoms with E-state index in [1.165, 1.54) is 0 Å². The van der Waals surface area contributed by atoms with E-state index >= 15 is 0 Å². The van der Waals surface area contributed by atoms with Gasteiger partial charge in [-0.1, -0.05) is 77.9 Å². The molecule has 0 fully saturated rings. The number of nitrogens with zero attached hydrogens (tertiary/aromatic N) is 2. The van der Waals surface area contributed by atoms with Crippen LogP contribution < -0.4 is 5.32 Å². The number of benzene rings is 4. The number of anilines is 1. The van der Waals surface area contributed by atoms with E-state index < -0.39 is 18.0 Å². The summed E-state index contributed by atoms with van der Waals surface area (Å²) in [6.45, 7) is 9.49. The Labute approximate surface area is 234 Å². The third kappa shape index (κ3) is 5.61.